The first-order valence-corrected chi connectivity index (χ1v) is 16.8. The quantitative estimate of drug-likeness (QED) is 0.262. The van der Waals surface area contributed by atoms with E-state index < -0.39 is 16.1 Å². The van der Waals surface area contributed by atoms with Gasteiger partial charge in [0.15, 0.2) is 0 Å². The number of amides is 2. The van der Waals surface area contributed by atoms with E-state index in [0.29, 0.717) is 17.1 Å². The Kier molecular flexibility index (Phi) is 11.0. The van der Waals surface area contributed by atoms with E-state index in [0.717, 1.165) is 48.6 Å². The minimum Gasteiger partial charge on any atom is -0.352 e. The molecule has 1 N–H and O–H groups in total. The second kappa shape index (κ2) is 14.7. The molecular weight excluding hydrogens is 570 g/mol. The zero-order valence-corrected chi connectivity index (χ0v) is 25.9. The van der Waals surface area contributed by atoms with E-state index in [2.05, 4.69) is 5.32 Å². The van der Waals surface area contributed by atoms with Crippen LogP contribution in [-0.4, -0.2) is 50.0 Å². The Morgan fingerprint density at radius 1 is 0.952 bits per heavy atom. The molecule has 0 aliphatic heterocycles. The molecule has 1 fully saturated rings. The molecule has 4 rings (SSSR count). The average molecular weight is 610 g/mol. The Bertz CT molecular complexity index is 1460. The Balaban J connectivity index is 1.59. The number of aryl methyl sites for hydroxylation is 1. The van der Waals surface area contributed by atoms with Crippen molar-refractivity contribution < 1.29 is 18.0 Å². The number of hydrogen-bond donors (Lipinski definition) is 1. The smallest absolute Gasteiger partial charge is 0.243 e. The van der Waals surface area contributed by atoms with Crippen molar-refractivity contribution in [1.82, 2.24) is 10.2 Å². The summed E-state index contributed by atoms with van der Waals surface area (Å²) in [5, 5.41) is 3.65. The van der Waals surface area contributed by atoms with Gasteiger partial charge in [-0.2, -0.15) is 0 Å². The lowest BCUT2D eigenvalue weighted by molar-refractivity contribution is -0.141. The molecule has 3 aromatic rings. The molecule has 0 bridgehead atoms. The third-order valence-corrected chi connectivity index (χ3v) is 9.09. The summed E-state index contributed by atoms with van der Waals surface area (Å²) in [6, 6.07) is 23.8. The lowest BCUT2D eigenvalue weighted by Crippen LogP contribution is -2.52. The van der Waals surface area contributed by atoms with Crippen LogP contribution in [0.3, 0.4) is 0 Å². The van der Waals surface area contributed by atoms with Gasteiger partial charge in [-0.3, -0.25) is 13.9 Å². The molecule has 0 radical (unpaired) electrons. The number of hydrogen-bond acceptors (Lipinski definition) is 4. The molecule has 1 aliphatic carbocycles. The molecule has 9 heteroatoms. The van der Waals surface area contributed by atoms with Crippen LogP contribution < -0.4 is 9.62 Å². The highest BCUT2D eigenvalue weighted by molar-refractivity contribution is 7.92. The molecular formula is C33H40ClN3O4S. The SMILES string of the molecule is Cc1cccc(CN(C(=O)CCCN(c2cccc(Cl)c2)S(C)(=O)=O)C(Cc2ccccc2)C(=O)NC2CCCC2)c1. The molecule has 0 spiro atoms. The largest absolute Gasteiger partial charge is 0.352 e. The number of anilines is 1. The monoisotopic (exact) mass is 609 g/mol. The minimum absolute atomic E-state index is 0.0837. The summed E-state index contributed by atoms with van der Waals surface area (Å²) in [4.78, 5) is 29.5. The molecule has 224 valence electrons. The van der Waals surface area contributed by atoms with Gasteiger partial charge in [0.1, 0.15) is 6.04 Å². The van der Waals surface area contributed by atoms with Crippen LogP contribution in [0.2, 0.25) is 5.02 Å². The van der Waals surface area contributed by atoms with Crippen molar-refractivity contribution in [3.8, 4) is 0 Å². The number of sulfonamides is 1. The van der Waals surface area contributed by atoms with E-state index in [1.807, 2.05) is 61.5 Å². The summed E-state index contributed by atoms with van der Waals surface area (Å²) >= 11 is 6.12. The van der Waals surface area contributed by atoms with Gasteiger partial charge >= 0.3 is 0 Å². The third kappa shape index (κ3) is 9.07. The molecule has 1 aliphatic rings. The Morgan fingerprint density at radius 3 is 2.31 bits per heavy atom. The highest BCUT2D eigenvalue weighted by Crippen LogP contribution is 2.24. The number of carbonyl (C=O) groups excluding carboxylic acids is 2. The summed E-state index contributed by atoms with van der Waals surface area (Å²) < 4.78 is 26.5. The summed E-state index contributed by atoms with van der Waals surface area (Å²) in [7, 11) is -3.60. The summed E-state index contributed by atoms with van der Waals surface area (Å²) in [6.07, 6.45) is 5.96. The number of benzene rings is 3. The fraction of sp³-hybridized carbons (Fsp3) is 0.394. The van der Waals surface area contributed by atoms with E-state index in [4.69, 9.17) is 11.6 Å². The van der Waals surface area contributed by atoms with Crippen LogP contribution in [0.5, 0.6) is 0 Å². The number of rotatable bonds is 13. The predicted molar refractivity (Wildman–Crippen MR) is 169 cm³/mol. The predicted octanol–water partition coefficient (Wildman–Crippen LogP) is 5.89. The number of nitrogens with zero attached hydrogens (tertiary/aromatic N) is 2. The van der Waals surface area contributed by atoms with Crippen LogP contribution in [0, 0.1) is 6.92 Å². The summed E-state index contributed by atoms with van der Waals surface area (Å²) in [5.74, 6) is -0.345. The maximum Gasteiger partial charge on any atom is 0.243 e. The first-order valence-electron chi connectivity index (χ1n) is 14.5. The maximum absolute atomic E-state index is 14.0. The molecule has 1 unspecified atom stereocenters. The van der Waals surface area contributed by atoms with Crippen molar-refractivity contribution in [3.63, 3.8) is 0 Å². The van der Waals surface area contributed by atoms with E-state index in [-0.39, 0.29) is 43.8 Å². The van der Waals surface area contributed by atoms with E-state index in [1.165, 1.54) is 4.31 Å². The molecule has 42 heavy (non-hydrogen) atoms. The fourth-order valence-electron chi connectivity index (χ4n) is 5.56. The van der Waals surface area contributed by atoms with E-state index in [1.54, 1.807) is 29.2 Å². The molecule has 2 amide bonds. The van der Waals surface area contributed by atoms with Crippen molar-refractivity contribution in [1.29, 1.82) is 0 Å². The van der Waals surface area contributed by atoms with Gasteiger partial charge in [0, 0.05) is 37.0 Å². The minimum atomic E-state index is -3.60. The lowest BCUT2D eigenvalue weighted by Gasteiger charge is -2.33. The van der Waals surface area contributed by atoms with Gasteiger partial charge in [0.25, 0.3) is 0 Å². The van der Waals surface area contributed by atoms with Gasteiger partial charge in [-0.1, -0.05) is 90.7 Å². The van der Waals surface area contributed by atoms with Crippen molar-refractivity contribution in [2.45, 2.75) is 70.5 Å². The summed E-state index contributed by atoms with van der Waals surface area (Å²) in [6.45, 7) is 2.39. The number of halogens is 1. The van der Waals surface area contributed by atoms with Crippen LogP contribution in [0.1, 0.15) is 55.2 Å². The van der Waals surface area contributed by atoms with Gasteiger partial charge in [-0.05, 0) is 55.5 Å². The first kappa shape index (κ1) is 31.6. The van der Waals surface area contributed by atoms with E-state index in [9.17, 15) is 18.0 Å². The van der Waals surface area contributed by atoms with Crippen molar-refractivity contribution in [2.24, 2.45) is 0 Å². The molecule has 1 saturated carbocycles. The van der Waals surface area contributed by atoms with Gasteiger partial charge < -0.3 is 10.2 Å². The standard InChI is InChI=1S/C33H40ClN3O4S/c1-25-11-8-14-27(21-25)24-36(31(22-26-12-4-3-5-13-26)33(39)35-29-16-6-7-17-29)32(38)19-10-20-37(42(2,40)41)30-18-9-15-28(34)23-30/h3-5,8-9,11-15,18,21,23,29,31H,6-7,10,16-17,19-20,22,24H2,1-2H3,(H,35,39). The van der Waals surface area contributed by atoms with Crippen molar-refractivity contribution in [3.05, 3.63) is 101 Å². The van der Waals surface area contributed by atoms with Gasteiger partial charge in [0.2, 0.25) is 21.8 Å². The highest BCUT2D eigenvalue weighted by atomic mass is 35.5. The van der Waals surface area contributed by atoms with Crippen LogP contribution >= 0.6 is 11.6 Å². The molecule has 0 heterocycles. The summed E-state index contributed by atoms with van der Waals surface area (Å²) in [5.41, 5.74) is 3.43. The van der Waals surface area contributed by atoms with Gasteiger partial charge in [0.05, 0.1) is 11.9 Å². The van der Waals surface area contributed by atoms with Crippen LogP contribution in [0.4, 0.5) is 5.69 Å². The van der Waals surface area contributed by atoms with E-state index >= 15 is 0 Å². The molecule has 7 nitrogen and oxygen atoms in total. The molecule has 3 aromatic carbocycles. The topological polar surface area (TPSA) is 86.8 Å². The second-order valence-electron chi connectivity index (χ2n) is 11.1. The van der Waals surface area contributed by atoms with Crippen LogP contribution in [0.15, 0.2) is 78.9 Å². The normalized spacial score (nSPS) is 14.4. The van der Waals surface area contributed by atoms with Gasteiger partial charge in [-0.15, -0.1) is 0 Å². The average Bonchev–Trinajstić information content (AvgIpc) is 3.46. The Morgan fingerprint density at radius 2 is 1.64 bits per heavy atom. The van der Waals surface area contributed by atoms with Gasteiger partial charge in [-0.25, -0.2) is 8.42 Å². The van der Waals surface area contributed by atoms with Crippen LogP contribution in [-0.2, 0) is 32.6 Å². The molecule has 1 atom stereocenters. The van der Waals surface area contributed by atoms with Crippen molar-refractivity contribution >= 4 is 39.1 Å². The number of nitrogens with one attached hydrogen (secondary N) is 1. The van der Waals surface area contributed by atoms with Crippen molar-refractivity contribution in [2.75, 3.05) is 17.1 Å². The Hall–Kier alpha value is -3.36. The Labute approximate surface area is 254 Å². The number of carbonyl (C=O) groups is 2. The molecule has 0 aromatic heterocycles. The van der Waals surface area contributed by atoms with Crippen LogP contribution in [0.25, 0.3) is 0 Å². The highest BCUT2D eigenvalue weighted by Gasteiger charge is 2.32. The zero-order valence-electron chi connectivity index (χ0n) is 24.3. The zero-order chi connectivity index (χ0) is 30.1. The third-order valence-electron chi connectivity index (χ3n) is 7.66. The fourth-order valence-corrected chi connectivity index (χ4v) is 6.71. The molecule has 0 saturated heterocycles. The first-order chi connectivity index (χ1) is 20.1. The second-order valence-corrected chi connectivity index (χ2v) is 13.5. The lowest BCUT2D eigenvalue weighted by atomic mass is 10.0. The maximum atomic E-state index is 14.0.